The van der Waals surface area contributed by atoms with Crippen LogP contribution in [0.4, 0.5) is 27.5 Å². The summed E-state index contributed by atoms with van der Waals surface area (Å²) < 4.78 is 15.6. The molecular formula is C31H37N5O6. The van der Waals surface area contributed by atoms with E-state index in [1.165, 1.54) is 0 Å². The summed E-state index contributed by atoms with van der Waals surface area (Å²) >= 11 is 0. The first-order chi connectivity index (χ1) is 20.4. The van der Waals surface area contributed by atoms with Gasteiger partial charge in [0.1, 0.15) is 5.75 Å². The van der Waals surface area contributed by atoms with Crippen molar-refractivity contribution in [2.75, 3.05) is 80.6 Å². The first-order valence-corrected chi connectivity index (χ1v) is 13.8. The van der Waals surface area contributed by atoms with Crippen molar-refractivity contribution in [3.8, 4) is 5.75 Å². The van der Waals surface area contributed by atoms with E-state index < -0.39 is 12.0 Å². The fourth-order valence-corrected chi connectivity index (χ4v) is 4.71. The number of carbonyl (C=O) groups is 3. The highest BCUT2D eigenvalue weighted by molar-refractivity contribution is 6.04. The lowest BCUT2D eigenvalue weighted by molar-refractivity contribution is 0.0526. The molecule has 0 saturated carbocycles. The lowest BCUT2D eigenvalue weighted by atomic mass is 10.1. The highest BCUT2D eigenvalue weighted by Crippen LogP contribution is 2.31. The van der Waals surface area contributed by atoms with E-state index in [2.05, 4.69) is 25.8 Å². The maximum absolute atomic E-state index is 13.2. The van der Waals surface area contributed by atoms with E-state index in [9.17, 15) is 14.4 Å². The van der Waals surface area contributed by atoms with Gasteiger partial charge in [0.15, 0.2) is 0 Å². The van der Waals surface area contributed by atoms with Crippen molar-refractivity contribution in [1.82, 2.24) is 5.32 Å². The monoisotopic (exact) mass is 575 g/mol. The molecule has 222 valence electrons. The minimum atomic E-state index is -0.484. The highest BCUT2D eigenvalue weighted by atomic mass is 16.5. The van der Waals surface area contributed by atoms with E-state index in [0.717, 1.165) is 30.2 Å². The zero-order chi connectivity index (χ0) is 29.9. The van der Waals surface area contributed by atoms with Crippen LogP contribution in [-0.4, -0.2) is 78.1 Å². The Balaban J connectivity index is 1.46. The van der Waals surface area contributed by atoms with E-state index >= 15 is 0 Å². The number of para-hydroxylation sites is 2. The molecule has 3 aromatic carbocycles. The van der Waals surface area contributed by atoms with E-state index in [0.29, 0.717) is 48.7 Å². The van der Waals surface area contributed by atoms with Crippen molar-refractivity contribution >= 4 is 40.7 Å². The number of urea groups is 1. The second kappa shape index (κ2) is 14.7. The largest absolute Gasteiger partial charge is 0.495 e. The second-order valence-corrected chi connectivity index (χ2v) is 9.50. The molecule has 1 aliphatic heterocycles. The number of amides is 3. The Bertz CT molecular complexity index is 1370. The average molecular weight is 576 g/mol. The lowest BCUT2D eigenvalue weighted by Crippen LogP contribution is -2.47. The molecule has 3 amide bonds. The third-order valence-corrected chi connectivity index (χ3v) is 6.79. The molecule has 1 fully saturated rings. The molecule has 11 heteroatoms. The predicted octanol–water partition coefficient (Wildman–Crippen LogP) is 4.22. The van der Waals surface area contributed by atoms with Crippen LogP contribution in [0.2, 0.25) is 0 Å². The molecule has 11 nitrogen and oxygen atoms in total. The number of hydrogen-bond acceptors (Lipinski definition) is 8. The summed E-state index contributed by atoms with van der Waals surface area (Å²) in [6.45, 7) is 5.67. The van der Waals surface area contributed by atoms with Gasteiger partial charge >= 0.3 is 12.0 Å². The Morgan fingerprint density at radius 2 is 1.45 bits per heavy atom. The summed E-state index contributed by atoms with van der Waals surface area (Å²) in [6, 6.07) is 19.2. The third kappa shape index (κ3) is 7.70. The Labute approximate surface area is 245 Å². The van der Waals surface area contributed by atoms with Crippen molar-refractivity contribution in [3.63, 3.8) is 0 Å². The summed E-state index contributed by atoms with van der Waals surface area (Å²) in [4.78, 5) is 42.3. The van der Waals surface area contributed by atoms with E-state index in [1.54, 1.807) is 57.5 Å². The standard InChI is InChI=1S/C31H37N5O6/c1-4-42-30(38)22-9-11-23(12-10-22)33-31(39)34-24-13-14-26(25(21-24)29(37)32-15-20-40-2)35-16-18-36(19-17-35)27-7-5-6-8-28(27)41-3/h5-14,21H,4,15-20H2,1-3H3,(H,32,37)(H2,33,34,39). The van der Waals surface area contributed by atoms with Crippen molar-refractivity contribution < 1.29 is 28.6 Å². The molecule has 1 aliphatic rings. The van der Waals surface area contributed by atoms with Gasteiger partial charge in [0.05, 0.1) is 37.1 Å². The normalized spacial score (nSPS) is 12.8. The Hall–Kier alpha value is -4.77. The number of hydrogen-bond donors (Lipinski definition) is 3. The number of piperazine rings is 1. The first kappa shape index (κ1) is 30.2. The predicted molar refractivity (Wildman–Crippen MR) is 163 cm³/mol. The average Bonchev–Trinajstić information content (AvgIpc) is 3.01. The highest BCUT2D eigenvalue weighted by Gasteiger charge is 2.24. The Kier molecular flexibility index (Phi) is 10.6. The first-order valence-electron chi connectivity index (χ1n) is 13.8. The summed E-state index contributed by atoms with van der Waals surface area (Å²) in [5, 5.41) is 8.43. The topological polar surface area (TPSA) is 121 Å². The van der Waals surface area contributed by atoms with Crippen LogP contribution in [-0.2, 0) is 9.47 Å². The zero-order valence-electron chi connectivity index (χ0n) is 24.1. The number of esters is 1. The maximum Gasteiger partial charge on any atom is 0.338 e. The number of carbonyl (C=O) groups excluding carboxylic acids is 3. The molecular weight excluding hydrogens is 538 g/mol. The van der Waals surface area contributed by atoms with Gasteiger partial charge in [-0.2, -0.15) is 0 Å². The van der Waals surface area contributed by atoms with Crippen molar-refractivity contribution in [1.29, 1.82) is 0 Å². The molecule has 1 heterocycles. The van der Waals surface area contributed by atoms with Crippen LogP contribution >= 0.6 is 0 Å². The van der Waals surface area contributed by atoms with Crippen LogP contribution in [0.15, 0.2) is 66.7 Å². The number of nitrogens with one attached hydrogen (secondary N) is 3. The van der Waals surface area contributed by atoms with Crippen molar-refractivity contribution in [3.05, 3.63) is 77.9 Å². The molecule has 0 unspecified atom stereocenters. The third-order valence-electron chi connectivity index (χ3n) is 6.79. The summed E-state index contributed by atoms with van der Waals surface area (Å²) in [6.07, 6.45) is 0. The van der Waals surface area contributed by atoms with Crippen LogP contribution in [0.1, 0.15) is 27.6 Å². The second-order valence-electron chi connectivity index (χ2n) is 9.50. The SMILES string of the molecule is CCOC(=O)c1ccc(NC(=O)Nc2ccc(N3CCN(c4ccccc4OC)CC3)c(C(=O)NCCOC)c2)cc1. The van der Waals surface area contributed by atoms with Crippen LogP contribution in [0.25, 0.3) is 0 Å². The van der Waals surface area contributed by atoms with Gasteiger partial charge in [-0.05, 0) is 61.5 Å². The quantitative estimate of drug-likeness (QED) is 0.230. The molecule has 0 atom stereocenters. The van der Waals surface area contributed by atoms with Crippen molar-refractivity contribution in [2.24, 2.45) is 0 Å². The molecule has 0 bridgehead atoms. The van der Waals surface area contributed by atoms with Crippen LogP contribution in [0.5, 0.6) is 5.75 Å². The molecule has 0 aliphatic carbocycles. The van der Waals surface area contributed by atoms with Gasteiger partial charge in [-0.15, -0.1) is 0 Å². The number of nitrogens with zero attached hydrogens (tertiary/aromatic N) is 2. The number of rotatable bonds is 11. The minimum absolute atomic E-state index is 0.257. The van der Waals surface area contributed by atoms with Crippen LogP contribution in [0.3, 0.4) is 0 Å². The number of methoxy groups -OCH3 is 2. The van der Waals surface area contributed by atoms with E-state index in [-0.39, 0.29) is 12.5 Å². The Morgan fingerprint density at radius 3 is 2.12 bits per heavy atom. The summed E-state index contributed by atoms with van der Waals surface area (Å²) in [5.74, 6) is 0.145. The molecule has 1 saturated heterocycles. The lowest BCUT2D eigenvalue weighted by Gasteiger charge is -2.38. The minimum Gasteiger partial charge on any atom is -0.495 e. The van der Waals surface area contributed by atoms with Gasteiger partial charge in [0.2, 0.25) is 0 Å². The summed E-state index contributed by atoms with van der Waals surface area (Å²) in [7, 11) is 3.24. The molecule has 42 heavy (non-hydrogen) atoms. The molecule has 0 spiro atoms. The smallest absolute Gasteiger partial charge is 0.338 e. The number of benzene rings is 3. The van der Waals surface area contributed by atoms with Crippen LogP contribution in [0, 0.1) is 0 Å². The van der Waals surface area contributed by atoms with Gasteiger partial charge in [0.25, 0.3) is 5.91 Å². The molecule has 0 radical (unpaired) electrons. The zero-order valence-corrected chi connectivity index (χ0v) is 24.1. The van der Waals surface area contributed by atoms with Gasteiger partial charge < -0.3 is 40.0 Å². The van der Waals surface area contributed by atoms with E-state index in [1.807, 2.05) is 30.3 Å². The molecule has 4 rings (SSSR count). The number of anilines is 4. The van der Waals surface area contributed by atoms with Gasteiger partial charge in [-0.1, -0.05) is 12.1 Å². The summed E-state index contributed by atoms with van der Waals surface area (Å²) in [5.41, 5.74) is 3.63. The molecule has 0 aromatic heterocycles. The number of ether oxygens (including phenoxy) is 3. The van der Waals surface area contributed by atoms with Crippen molar-refractivity contribution in [2.45, 2.75) is 6.92 Å². The molecule has 3 aromatic rings. The van der Waals surface area contributed by atoms with Gasteiger partial charge in [-0.3, -0.25) is 4.79 Å². The van der Waals surface area contributed by atoms with Gasteiger partial charge in [-0.25, -0.2) is 9.59 Å². The fraction of sp³-hybridized carbons (Fsp3) is 0.323. The molecule has 3 N–H and O–H groups in total. The van der Waals surface area contributed by atoms with Crippen LogP contribution < -0.4 is 30.5 Å². The van der Waals surface area contributed by atoms with Gasteiger partial charge in [0, 0.05) is 56.9 Å². The van der Waals surface area contributed by atoms with E-state index in [4.69, 9.17) is 14.2 Å². The fourth-order valence-electron chi connectivity index (χ4n) is 4.71. The Morgan fingerprint density at radius 1 is 0.810 bits per heavy atom. The maximum atomic E-state index is 13.2.